The van der Waals surface area contributed by atoms with Crippen molar-refractivity contribution in [3.05, 3.63) is 83.4 Å². The minimum absolute atomic E-state index is 0.0652. The van der Waals surface area contributed by atoms with Crippen LogP contribution in [0.25, 0.3) is 16.6 Å². The van der Waals surface area contributed by atoms with Gasteiger partial charge < -0.3 is 15.8 Å². The molecule has 1 aliphatic rings. The number of anilines is 2. The Balaban J connectivity index is 1.19. The summed E-state index contributed by atoms with van der Waals surface area (Å²) < 4.78 is 7.04. The zero-order chi connectivity index (χ0) is 25.4. The van der Waals surface area contributed by atoms with Crippen LogP contribution in [0.1, 0.15) is 22.5 Å². The molecule has 4 heterocycles. The first-order valence-corrected chi connectivity index (χ1v) is 12.1. The highest BCUT2D eigenvalue weighted by Gasteiger charge is 2.20. The molecular formula is C27H26N8O2. The highest BCUT2D eigenvalue weighted by atomic mass is 16.5. The van der Waals surface area contributed by atoms with Crippen molar-refractivity contribution in [2.24, 2.45) is 0 Å². The SMILES string of the molecule is COc1cccc2c1nc(N)n1nc(CN3CCc4ccc(CC(=O)Nc5cccnc5)cc4C3)nc21. The van der Waals surface area contributed by atoms with Gasteiger partial charge in [0.05, 0.1) is 32.0 Å². The minimum atomic E-state index is -0.0652. The maximum absolute atomic E-state index is 12.5. The largest absolute Gasteiger partial charge is 0.494 e. The molecule has 37 heavy (non-hydrogen) atoms. The van der Waals surface area contributed by atoms with Crippen LogP contribution in [0, 0.1) is 0 Å². The Morgan fingerprint density at radius 3 is 2.89 bits per heavy atom. The molecule has 6 rings (SSSR count). The second-order valence-corrected chi connectivity index (χ2v) is 9.12. The number of rotatable bonds is 6. The molecule has 0 saturated carbocycles. The first-order valence-electron chi connectivity index (χ1n) is 12.1. The number of pyridine rings is 1. The topological polar surface area (TPSA) is 124 Å². The molecule has 0 radical (unpaired) electrons. The van der Waals surface area contributed by atoms with Gasteiger partial charge in [0.15, 0.2) is 11.5 Å². The molecule has 0 bridgehead atoms. The lowest BCUT2D eigenvalue weighted by atomic mass is 9.96. The Kier molecular flexibility index (Phi) is 5.85. The summed E-state index contributed by atoms with van der Waals surface area (Å²) in [7, 11) is 1.61. The number of aromatic nitrogens is 5. The van der Waals surface area contributed by atoms with Crippen molar-refractivity contribution < 1.29 is 9.53 Å². The molecule has 5 aromatic rings. The third-order valence-electron chi connectivity index (χ3n) is 6.59. The molecule has 1 aliphatic heterocycles. The number of methoxy groups -OCH3 is 1. The number of nitrogens with zero attached hydrogens (tertiary/aromatic N) is 6. The van der Waals surface area contributed by atoms with Crippen molar-refractivity contribution >= 4 is 34.1 Å². The summed E-state index contributed by atoms with van der Waals surface area (Å²) in [6, 6.07) is 15.6. The van der Waals surface area contributed by atoms with E-state index in [0.717, 1.165) is 30.5 Å². The number of carbonyl (C=O) groups excluding carboxylic acids is 1. The summed E-state index contributed by atoms with van der Waals surface area (Å²) in [5.74, 6) is 1.53. The van der Waals surface area contributed by atoms with Crippen LogP contribution in [0.5, 0.6) is 5.75 Å². The summed E-state index contributed by atoms with van der Waals surface area (Å²) in [5, 5.41) is 8.38. The fourth-order valence-electron chi connectivity index (χ4n) is 4.84. The molecule has 1 amide bonds. The van der Waals surface area contributed by atoms with Crippen LogP contribution in [0.15, 0.2) is 60.9 Å². The second-order valence-electron chi connectivity index (χ2n) is 9.12. The quantitative estimate of drug-likeness (QED) is 0.369. The third-order valence-corrected chi connectivity index (χ3v) is 6.59. The van der Waals surface area contributed by atoms with Crippen molar-refractivity contribution in [3.63, 3.8) is 0 Å². The maximum atomic E-state index is 12.5. The summed E-state index contributed by atoms with van der Waals surface area (Å²) in [4.78, 5) is 28.1. The van der Waals surface area contributed by atoms with Crippen LogP contribution in [0.4, 0.5) is 11.6 Å². The van der Waals surface area contributed by atoms with E-state index in [-0.39, 0.29) is 11.9 Å². The number of benzene rings is 2. The van der Waals surface area contributed by atoms with E-state index in [1.165, 1.54) is 11.1 Å². The molecule has 0 spiro atoms. The summed E-state index contributed by atoms with van der Waals surface area (Å²) in [5.41, 5.74) is 11.7. The van der Waals surface area contributed by atoms with Crippen LogP contribution in [-0.2, 0) is 30.7 Å². The molecule has 2 aromatic carbocycles. The first kappa shape index (κ1) is 22.9. The molecule has 0 atom stereocenters. The lowest BCUT2D eigenvalue weighted by molar-refractivity contribution is -0.115. The van der Waals surface area contributed by atoms with Gasteiger partial charge >= 0.3 is 0 Å². The molecule has 10 nitrogen and oxygen atoms in total. The first-order chi connectivity index (χ1) is 18.1. The Labute approximate surface area is 213 Å². The molecule has 0 unspecified atom stereocenters. The van der Waals surface area contributed by atoms with Crippen LogP contribution in [0.3, 0.4) is 0 Å². The Hall–Kier alpha value is -4.57. The molecule has 3 aromatic heterocycles. The number of hydrogen-bond donors (Lipinski definition) is 2. The number of nitrogens with one attached hydrogen (secondary N) is 1. The second kappa shape index (κ2) is 9.47. The number of nitrogens with two attached hydrogens (primary N) is 1. The summed E-state index contributed by atoms with van der Waals surface area (Å²) in [6.07, 6.45) is 4.55. The van der Waals surface area contributed by atoms with Crippen molar-refractivity contribution in [2.45, 2.75) is 25.9 Å². The van der Waals surface area contributed by atoms with Gasteiger partial charge in [0.2, 0.25) is 11.9 Å². The predicted molar refractivity (Wildman–Crippen MR) is 140 cm³/mol. The van der Waals surface area contributed by atoms with Gasteiger partial charge in [-0.05, 0) is 47.4 Å². The smallest absolute Gasteiger partial charge is 0.228 e. The number of ether oxygens (including phenoxy) is 1. The van der Waals surface area contributed by atoms with E-state index in [1.807, 2.05) is 30.3 Å². The standard InChI is InChI=1S/C27H26N8O2/c1-37-22-6-2-5-21-25(22)32-27(28)35-26(21)31-23(33-35)16-34-11-9-18-8-7-17(12-19(18)15-34)13-24(36)30-20-4-3-10-29-14-20/h2-8,10,12,14H,9,11,13,15-16H2,1H3,(H2,28,32)(H,30,36). The van der Waals surface area contributed by atoms with E-state index in [2.05, 4.69) is 37.4 Å². The fraction of sp³-hybridized carbons (Fsp3) is 0.222. The number of hydrogen-bond acceptors (Lipinski definition) is 8. The van der Waals surface area contributed by atoms with Crippen molar-refractivity contribution in [1.29, 1.82) is 0 Å². The fourth-order valence-corrected chi connectivity index (χ4v) is 4.84. The lowest BCUT2D eigenvalue weighted by Gasteiger charge is -2.28. The van der Waals surface area contributed by atoms with Gasteiger partial charge in [0.25, 0.3) is 0 Å². The van der Waals surface area contributed by atoms with Crippen LogP contribution in [0.2, 0.25) is 0 Å². The van der Waals surface area contributed by atoms with Crippen LogP contribution >= 0.6 is 0 Å². The van der Waals surface area contributed by atoms with E-state index >= 15 is 0 Å². The van der Waals surface area contributed by atoms with E-state index in [1.54, 1.807) is 30.1 Å². The van der Waals surface area contributed by atoms with Crippen molar-refractivity contribution in [2.75, 3.05) is 24.7 Å². The van der Waals surface area contributed by atoms with Crippen LogP contribution < -0.4 is 15.8 Å². The molecular weight excluding hydrogens is 468 g/mol. The van der Waals surface area contributed by atoms with E-state index in [0.29, 0.717) is 41.4 Å². The van der Waals surface area contributed by atoms with Gasteiger partial charge in [-0.3, -0.25) is 14.7 Å². The number of para-hydroxylation sites is 1. The highest BCUT2D eigenvalue weighted by molar-refractivity contribution is 5.95. The van der Waals surface area contributed by atoms with Crippen molar-refractivity contribution in [1.82, 2.24) is 29.5 Å². The van der Waals surface area contributed by atoms with E-state index < -0.39 is 0 Å². The van der Waals surface area contributed by atoms with E-state index in [4.69, 9.17) is 15.5 Å². The average molecular weight is 495 g/mol. The number of amides is 1. The lowest BCUT2D eigenvalue weighted by Crippen LogP contribution is -2.30. The molecule has 0 saturated heterocycles. The number of nitrogen functional groups attached to an aromatic ring is 1. The number of carbonyl (C=O) groups is 1. The molecule has 0 fully saturated rings. The zero-order valence-electron chi connectivity index (χ0n) is 20.4. The monoisotopic (exact) mass is 494 g/mol. The molecule has 0 aliphatic carbocycles. The van der Waals surface area contributed by atoms with Gasteiger partial charge in [-0.25, -0.2) is 9.97 Å². The predicted octanol–water partition coefficient (Wildman–Crippen LogP) is 3.00. The number of fused-ring (bicyclic) bond motifs is 4. The van der Waals surface area contributed by atoms with Gasteiger partial charge in [-0.15, -0.1) is 5.10 Å². The molecule has 3 N–H and O–H groups in total. The van der Waals surface area contributed by atoms with E-state index in [9.17, 15) is 4.79 Å². The maximum Gasteiger partial charge on any atom is 0.228 e. The van der Waals surface area contributed by atoms with Crippen LogP contribution in [-0.4, -0.2) is 49.0 Å². The Morgan fingerprint density at radius 1 is 1.14 bits per heavy atom. The van der Waals surface area contributed by atoms with Gasteiger partial charge in [0.1, 0.15) is 11.3 Å². The Bertz CT molecular complexity index is 1620. The zero-order valence-corrected chi connectivity index (χ0v) is 20.4. The normalized spacial score (nSPS) is 13.5. The van der Waals surface area contributed by atoms with Gasteiger partial charge in [-0.2, -0.15) is 4.52 Å². The van der Waals surface area contributed by atoms with Crippen molar-refractivity contribution in [3.8, 4) is 5.75 Å². The van der Waals surface area contributed by atoms with Gasteiger partial charge in [0, 0.05) is 24.7 Å². The highest BCUT2D eigenvalue weighted by Crippen LogP contribution is 2.28. The summed E-state index contributed by atoms with van der Waals surface area (Å²) >= 11 is 0. The minimum Gasteiger partial charge on any atom is -0.494 e. The Morgan fingerprint density at radius 2 is 2.05 bits per heavy atom. The average Bonchev–Trinajstić information content (AvgIpc) is 3.33. The molecule has 186 valence electrons. The van der Waals surface area contributed by atoms with Gasteiger partial charge in [-0.1, -0.05) is 24.3 Å². The third kappa shape index (κ3) is 4.54. The summed E-state index contributed by atoms with van der Waals surface area (Å²) in [6.45, 7) is 2.23. The molecule has 10 heteroatoms.